The molecule has 0 bridgehead atoms. The van der Waals surface area contributed by atoms with Gasteiger partial charge in [-0.25, -0.2) is 0 Å². The van der Waals surface area contributed by atoms with Crippen molar-refractivity contribution in [3.05, 3.63) is 72.3 Å². The van der Waals surface area contributed by atoms with Crippen LogP contribution in [0.4, 0.5) is 5.82 Å². The molecule has 1 unspecified atom stereocenters. The Kier molecular flexibility index (Phi) is 6.23. The fourth-order valence-electron chi connectivity index (χ4n) is 3.73. The van der Waals surface area contributed by atoms with Crippen LogP contribution in [-0.2, 0) is 11.3 Å². The van der Waals surface area contributed by atoms with Crippen LogP contribution in [0.2, 0.25) is 0 Å². The summed E-state index contributed by atoms with van der Waals surface area (Å²) in [6, 6.07) is 21.7. The van der Waals surface area contributed by atoms with Crippen molar-refractivity contribution in [2.75, 3.05) is 25.1 Å². The van der Waals surface area contributed by atoms with Gasteiger partial charge in [-0.1, -0.05) is 42.5 Å². The largest absolute Gasteiger partial charge is 0.497 e. The second-order valence-corrected chi connectivity index (χ2v) is 7.49. The smallest absolute Gasteiger partial charge is 0.225 e. The molecule has 1 aliphatic rings. The number of aromatic nitrogens is 2. The molecule has 6 heteroatoms. The number of piperidine rings is 1. The Morgan fingerprint density at radius 2 is 1.87 bits per heavy atom. The van der Waals surface area contributed by atoms with E-state index in [4.69, 9.17) is 4.74 Å². The minimum Gasteiger partial charge on any atom is -0.497 e. The molecule has 1 aromatic heterocycles. The van der Waals surface area contributed by atoms with Crippen molar-refractivity contribution in [2.24, 2.45) is 5.92 Å². The Labute approximate surface area is 176 Å². The molecule has 1 N–H and O–H groups in total. The molecule has 0 spiro atoms. The van der Waals surface area contributed by atoms with Gasteiger partial charge in [0.05, 0.1) is 18.7 Å². The van der Waals surface area contributed by atoms with Crippen LogP contribution in [0.15, 0.2) is 66.7 Å². The summed E-state index contributed by atoms with van der Waals surface area (Å²) < 4.78 is 5.17. The first kappa shape index (κ1) is 19.9. The van der Waals surface area contributed by atoms with Crippen molar-refractivity contribution in [3.63, 3.8) is 0 Å². The monoisotopic (exact) mass is 402 g/mol. The second-order valence-electron chi connectivity index (χ2n) is 7.49. The summed E-state index contributed by atoms with van der Waals surface area (Å²) in [6.07, 6.45) is 1.85. The van der Waals surface area contributed by atoms with Gasteiger partial charge in [-0.05, 0) is 42.7 Å². The lowest BCUT2D eigenvalue weighted by atomic mass is 9.97. The van der Waals surface area contributed by atoms with Gasteiger partial charge in [-0.3, -0.25) is 4.79 Å². The number of rotatable bonds is 6. The predicted molar refractivity (Wildman–Crippen MR) is 117 cm³/mol. The Balaban J connectivity index is 1.34. The van der Waals surface area contributed by atoms with Crippen molar-refractivity contribution in [1.29, 1.82) is 0 Å². The van der Waals surface area contributed by atoms with Crippen LogP contribution in [0.25, 0.3) is 11.3 Å². The standard InChI is InChI=1S/C24H26N4O2/c1-30-21-11-9-18(10-12-21)16-25-24(29)20-8-5-15-28(17-20)23-14-13-22(26-27-23)19-6-3-2-4-7-19/h2-4,6-7,9-14,20H,5,8,15-17H2,1H3,(H,25,29). The highest BCUT2D eigenvalue weighted by molar-refractivity contribution is 5.79. The van der Waals surface area contributed by atoms with Crippen LogP contribution in [0.3, 0.4) is 0 Å². The van der Waals surface area contributed by atoms with E-state index in [0.29, 0.717) is 13.1 Å². The molecule has 154 valence electrons. The zero-order valence-corrected chi connectivity index (χ0v) is 17.1. The number of carbonyl (C=O) groups excluding carboxylic acids is 1. The fourth-order valence-corrected chi connectivity index (χ4v) is 3.73. The van der Waals surface area contributed by atoms with Gasteiger partial charge in [0, 0.05) is 25.2 Å². The molecule has 0 aliphatic carbocycles. The first-order valence-electron chi connectivity index (χ1n) is 10.3. The molecule has 1 fully saturated rings. The van der Waals surface area contributed by atoms with Crippen LogP contribution < -0.4 is 15.0 Å². The summed E-state index contributed by atoms with van der Waals surface area (Å²) in [4.78, 5) is 14.9. The molecule has 3 aromatic rings. The number of anilines is 1. The molecule has 6 nitrogen and oxygen atoms in total. The van der Waals surface area contributed by atoms with Crippen molar-refractivity contribution >= 4 is 11.7 Å². The summed E-state index contributed by atoms with van der Waals surface area (Å²) in [5, 5.41) is 11.9. The number of hydrogen-bond acceptors (Lipinski definition) is 5. The summed E-state index contributed by atoms with van der Waals surface area (Å²) in [7, 11) is 1.64. The minimum atomic E-state index is -0.0485. The number of hydrogen-bond donors (Lipinski definition) is 1. The van der Waals surface area contributed by atoms with Crippen molar-refractivity contribution in [1.82, 2.24) is 15.5 Å². The van der Waals surface area contributed by atoms with E-state index in [9.17, 15) is 4.79 Å². The van der Waals surface area contributed by atoms with Crippen LogP contribution in [0, 0.1) is 5.92 Å². The highest BCUT2D eigenvalue weighted by Gasteiger charge is 2.26. The Morgan fingerprint density at radius 1 is 1.07 bits per heavy atom. The molecular formula is C24H26N4O2. The lowest BCUT2D eigenvalue weighted by Gasteiger charge is -2.32. The summed E-state index contributed by atoms with van der Waals surface area (Å²) >= 11 is 0. The van der Waals surface area contributed by atoms with Gasteiger partial charge in [-0.15, -0.1) is 10.2 Å². The topological polar surface area (TPSA) is 67.3 Å². The van der Waals surface area contributed by atoms with E-state index in [-0.39, 0.29) is 11.8 Å². The van der Waals surface area contributed by atoms with Gasteiger partial charge in [0.1, 0.15) is 5.75 Å². The first-order chi connectivity index (χ1) is 14.7. The number of nitrogens with zero attached hydrogens (tertiary/aromatic N) is 3. The average Bonchev–Trinajstić information content (AvgIpc) is 2.83. The molecule has 1 aliphatic heterocycles. The Morgan fingerprint density at radius 3 is 2.57 bits per heavy atom. The first-order valence-corrected chi connectivity index (χ1v) is 10.3. The lowest BCUT2D eigenvalue weighted by molar-refractivity contribution is -0.125. The van der Waals surface area contributed by atoms with Crippen LogP contribution in [0.5, 0.6) is 5.75 Å². The van der Waals surface area contributed by atoms with E-state index in [1.807, 2.05) is 66.7 Å². The molecule has 2 aromatic carbocycles. The number of nitrogens with one attached hydrogen (secondary N) is 1. The van der Waals surface area contributed by atoms with Gasteiger partial charge >= 0.3 is 0 Å². The van der Waals surface area contributed by atoms with E-state index in [2.05, 4.69) is 20.4 Å². The van der Waals surface area contributed by atoms with E-state index in [0.717, 1.165) is 47.8 Å². The van der Waals surface area contributed by atoms with Gasteiger partial charge in [-0.2, -0.15) is 0 Å². The number of amides is 1. The lowest BCUT2D eigenvalue weighted by Crippen LogP contribution is -2.43. The molecule has 1 amide bonds. The van der Waals surface area contributed by atoms with Crippen LogP contribution in [0.1, 0.15) is 18.4 Å². The molecule has 0 saturated carbocycles. The summed E-state index contributed by atoms with van der Waals surface area (Å²) in [6.45, 7) is 2.07. The second kappa shape index (κ2) is 9.39. The minimum absolute atomic E-state index is 0.0485. The zero-order chi connectivity index (χ0) is 20.8. The summed E-state index contributed by atoms with van der Waals surface area (Å²) in [5.74, 6) is 1.67. The van der Waals surface area contributed by atoms with Gasteiger partial charge in [0.15, 0.2) is 5.82 Å². The molecule has 4 rings (SSSR count). The normalized spacial score (nSPS) is 16.2. The van der Waals surface area contributed by atoms with E-state index in [1.165, 1.54) is 0 Å². The van der Waals surface area contributed by atoms with E-state index < -0.39 is 0 Å². The quantitative estimate of drug-likeness (QED) is 0.681. The average molecular weight is 402 g/mol. The summed E-state index contributed by atoms with van der Waals surface area (Å²) in [5.41, 5.74) is 2.95. The van der Waals surface area contributed by atoms with Crippen LogP contribution >= 0.6 is 0 Å². The molecule has 30 heavy (non-hydrogen) atoms. The number of carbonyl (C=O) groups is 1. The Hall–Kier alpha value is -3.41. The highest BCUT2D eigenvalue weighted by atomic mass is 16.5. The Bertz CT molecular complexity index is 959. The third-order valence-electron chi connectivity index (χ3n) is 5.46. The third kappa shape index (κ3) is 4.76. The van der Waals surface area contributed by atoms with Crippen LogP contribution in [-0.4, -0.2) is 36.3 Å². The van der Waals surface area contributed by atoms with Crippen molar-refractivity contribution in [2.45, 2.75) is 19.4 Å². The predicted octanol–water partition coefficient (Wildman–Crippen LogP) is 3.69. The maximum atomic E-state index is 12.7. The van der Waals surface area contributed by atoms with E-state index in [1.54, 1.807) is 7.11 Å². The van der Waals surface area contributed by atoms with Crippen molar-refractivity contribution < 1.29 is 9.53 Å². The third-order valence-corrected chi connectivity index (χ3v) is 5.46. The SMILES string of the molecule is COc1ccc(CNC(=O)C2CCCN(c3ccc(-c4ccccc4)nn3)C2)cc1. The van der Waals surface area contributed by atoms with Gasteiger partial charge in [0.25, 0.3) is 0 Å². The highest BCUT2D eigenvalue weighted by Crippen LogP contribution is 2.23. The fraction of sp³-hybridized carbons (Fsp3) is 0.292. The maximum Gasteiger partial charge on any atom is 0.225 e. The molecular weight excluding hydrogens is 376 g/mol. The van der Waals surface area contributed by atoms with Gasteiger partial charge < -0.3 is 15.0 Å². The molecule has 1 saturated heterocycles. The maximum absolute atomic E-state index is 12.7. The number of benzene rings is 2. The van der Waals surface area contributed by atoms with Crippen molar-refractivity contribution in [3.8, 4) is 17.0 Å². The van der Waals surface area contributed by atoms with Gasteiger partial charge in [0.2, 0.25) is 5.91 Å². The molecule has 1 atom stereocenters. The molecule has 2 heterocycles. The number of methoxy groups -OCH3 is 1. The molecule has 0 radical (unpaired) electrons. The van der Waals surface area contributed by atoms with E-state index >= 15 is 0 Å². The number of ether oxygens (including phenoxy) is 1. The zero-order valence-electron chi connectivity index (χ0n) is 17.1.